The number of ether oxygens (including phenoxy) is 1. The Balaban J connectivity index is 1.69. The van der Waals surface area contributed by atoms with Gasteiger partial charge in [0.2, 0.25) is 5.56 Å². The standard InChI is InChI=1S/C16H18N2O3/c1-12-4-2-5-14(10-12)21-9-3-8-17-16(20)13-6-7-15(19)18-11-13/h2,4-7,10-11H,3,8-9H2,1H3,(H,17,20)(H,18,19). The molecule has 1 aromatic carbocycles. The van der Waals surface area contributed by atoms with Crippen molar-refractivity contribution in [1.82, 2.24) is 10.3 Å². The molecule has 5 nitrogen and oxygen atoms in total. The van der Waals surface area contributed by atoms with Crippen molar-refractivity contribution in [2.45, 2.75) is 13.3 Å². The highest BCUT2D eigenvalue weighted by molar-refractivity contribution is 5.93. The molecule has 0 saturated heterocycles. The minimum atomic E-state index is -0.224. The first-order valence-corrected chi connectivity index (χ1v) is 6.81. The molecule has 5 heteroatoms. The first-order chi connectivity index (χ1) is 10.1. The molecule has 0 aliphatic carbocycles. The van der Waals surface area contributed by atoms with E-state index in [1.165, 1.54) is 18.3 Å². The van der Waals surface area contributed by atoms with Gasteiger partial charge in [0, 0.05) is 18.8 Å². The Kier molecular flexibility index (Phi) is 5.15. The summed E-state index contributed by atoms with van der Waals surface area (Å²) < 4.78 is 5.59. The van der Waals surface area contributed by atoms with Crippen molar-refractivity contribution < 1.29 is 9.53 Å². The smallest absolute Gasteiger partial charge is 0.252 e. The zero-order valence-electron chi connectivity index (χ0n) is 11.9. The number of aromatic amines is 1. The maximum Gasteiger partial charge on any atom is 0.252 e. The number of hydrogen-bond acceptors (Lipinski definition) is 3. The van der Waals surface area contributed by atoms with E-state index in [-0.39, 0.29) is 11.5 Å². The number of nitrogens with one attached hydrogen (secondary N) is 2. The lowest BCUT2D eigenvalue weighted by Gasteiger charge is -2.08. The van der Waals surface area contributed by atoms with E-state index in [0.717, 1.165) is 11.3 Å². The molecule has 0 atom stereocenters. The molecule has 0 saturated carbocycles. The zero-order valence-corrected chi connectivity index (χ0v) is 11.9. The number of hydrogen-bond donors (Lipinski definition) is 2. The van der Waals surface area contributed by atoms with Gasteiger partial charge in [-0.05, 0) is 37.1 Å². The topological polar surface area (TPSA) is 71.2 Å². The maximum atomic E-state index is 11.8. The van der Waals surface area contributed by atoms with E-state index < -0.39 is 0 Å². The van der Waals surface area contributed by atoms with Crippen LogP contribution >= 0.6 is 0 Å². The van der Waals surface area contributed by atoms with Crippen molar-refractivity contribution >= 4 is 5.91 Å². The number of rotatable bonds is 6. The molecule has 1 aromatic heterocycles. The lowest BCUT2D eigenvalue weighted by Crippen LogP contribution is -2.26. The summed E-state index contributed by atoms with van der Waals surface area (Å²) in [7, 11) is 0. The van der Waals surface area contributed by atoms with E-state index in [0.29, 0.717) is 25.1 Å². The summed E-state index contributed by atoms with van der Waals surface area (Å²) in [6, 6.07) is 10.7. The number of pyridine rings is 1. The van der Waals surface area contributed by atoms with Gasteiger partial charge in [0.15, 0.2) is 0 Å². The molecular weight excluding hydrogens is 268 g/mol. The van der Waals surface area contributed by atoms with E-state index in [4.69, 9.17) is 4.74 Å². The average Bonchev–Trinajstić information content (AvgIpc) is 2.47. The molecule has 0 fully saturated rings. The Morgan fingerprint density at radius 3 is 2.86 bits per heavy atom. The van der Waals surface area contributed by atoms with Gasteiger partial charge in [-0.15, -0.1) is 0 Å². The van der Waals surface area contributed by atoms with Gasteiger partial charge in [-0.2, -0.15) is 0 Å². The van der Waals surface area contributed by atoms with Crippen LogP contribution in [-0.4, -0.2) is 24.0 Å². The van der Waals surface area contributed by atoms with Crippen molar-refractivity contribution in [2.75, 3.05) is 13.2 Å². The Morgan fingerprint density at radius 2 is 2.14 bits per heavy atom. The Labute approximate surface area is 123 Å². The van der Waals surface area contributed by atoms with Gasteiger partial charge in [-0.25, -0.2) is 0 Å². The lowest BCUT2D eigenvalue weighted by molar-refractivity contribution is 0.0951. The highest BCUT2D eigenvalue weighted by Gasteiger charge is 2.04. The van der Waals surface area contributed by atoms with Crippen molar-refractivity contribution in [3.63, 3.8) is 0 Å². The molecule has 110 valence electrons. The van der Waals surface area contributed by atoms with Gasteiger partial charge >= 0.3 is 0 Å². The quantitative estimate of drug-likeness (QED) is 0.796. The third-order valence-electron chi connectivity index (χ3n) is 2.91. The van der Waals surface area contributed by atoms with Crippen LogP contribution in [0.5, 0.6) is 5.75 Å². The van der Waals surface area contributed by atoms with Crippen molar-refractivity contribution in [3.05, 3.63) is 64.1 Å². The number of carbonyl (C=O) groups excluding carboxylic acids is 1. The molecule has 2 N–H and O–H groups in total. The highest BCUT2D eigenvalue weighted by Crippen LogP contribution is 2.12. The van der Waals surface area contributed by atoms with Crippen LogP contribution in [0.25, 0.3) is 0 Å². The van der Waals surface area contributed by atoms with Gasteiger partial charge in [0.05, 0.1) is 12.2 Å². The van der Waals surface area contributed by atoms with Crippen LogP contribution in [0.3, 0.4) is 0 Å². The fraction of sp³-hybridized carbons (Fsp3) is 0.250. The summed E-state index contributed by atoms with van der Waals surface area (Å²) in [4.78, 5) is 25.1. The normalized spacial score (nSPS) is 10.1. The van der Waals surface area contributed by atoms with Gasteiger partial charge < -0.3 is 15.0 Å². The zero-order chi connectivity index (χ0) is 15.1. The number of aryl methyl sites for hydroxylation is 1. The fourth-order valence-electron chi connectivity index (χ4n) is 1.82. The Bertz CT molecular complexity index is 644. The second-order valence-electron chi connectivity index (χ2n) is 4.72. The third-order valence-corrected chi connectivity index (χ3v) is 2.91. The van der Waals surface area contributed by atoms with Gasteiger partial charge in [0.1, 0.15) is 5.75 Å². The Hall–Kier alpha value is -2.56. The van der Waals surface area contributed by atoms with Gasteiger partial charge in [-0.3, -0.25) is 9.59 Å². The van der Waals surface area contributed by atoms with Crippen molar-refractivity contribution in [1.29, 1.82) is 0 Å². The van der Waals surface area contributed by atoms with Crippen LogP contribution in [0.1, 0.15) is 22.3 Å². The Morgan fingerprint density at radius 1 is 1.29 bits per heavy atom. The van der Waals surface area contributed by atoms with E-state index in [2.05, 4.69) is 10.3 Å². The van der Waals surface area contributed by atoms with E-state index >= 15 is 0 Å². The maximum absolute atomic E-state index is 11.8. The number of carbonyl (C=O) groups is 1. The van der Waals surface area contributed by atoms with Crippen LogP contribution in [0, 0.1) is 6.92 Å². The number of amides is 1. The molecule has 2 aromatic rings. The molecule has 1 amide bonds. The third kappa shape index (κ3) is 4.80. The summed E-state index contributed by atoms with van der Waals surface area (Å²) in [5, 5.41) is 2.78. The van der Waals surface area contributed by atoms with Gasteiger partial charge in [0.25, 0.3) is 5.91 Å². The van der Waals surface area contributed by atoms with Crippen molar-refractivity contribution in [3.8, 4) is 5.75 Å². The summed E-state index contributed by atoms with van der Waals surface area (Å²) in [5.41, 5.74) is 1.37. The predicted octanol–water partition coefficient (Wildman–Crippen LogP) is 1.88. The molecule has 2 rings (SSSR count). The SMILES string of the molecule is Cc1cccc(OCCCNC(=O)c2ccc(=O)[nH]c2)c1. The average molecular weight is 286 g/mol. The molecule has 21 heavy (non-hydrogen) atoms. The van der Waals surface area contributed by atoms with Crippen LogP contribution in [0.15, 0.2) is 47.4 Å². The molecule has 0 aliphatic rings. The van der Waals surface area contributed by atoms with Crippen LogP contribution < -0.4 is 15.6 Å². The number of H-pyrrole nitrogens is 1. The summed E-state index contributed by atoms with van der Waals surface area (Å²) in [6.07, 6.45) is 2.12. The fourth-order valence-corrected chi connectivity index (χ4v) is 1.82. The number of benzene rings is 1. The molecule has 1 heterocycles. The van der Waals surface area contributed by atoms with Gasteiger partial charge in [-0.1, -0.05) is 12.1 Å². The summed E-state index contributed by atoms with van der Waals surface area (Å²) >= 11 is 0. The van der Waals surface area contributed by atoms with E-state index in [1.54, 1.807) is 0 Å². The molecule has 0 unspecified atom stereocenters. The highest BCUT2D eigenvalue weighted by atomic mass is 16.5. The van der Waals surface area contributed by atoms with Crippen molar-refractivity contribution in [2.24, 2.45) is 0 Å². The first kappa shape index (κ1) is 14.8. The molecule has 0 radical (unpaired) electrons. The molecular formula is C16H18N2O3. The minimum absolute atomic E-state index is 0.207. The molecule has 0 bridgehead atoms. The largest absolute Gasteiger partial charge is 0.494 e. The monoisotopic (exact) mass is 286 g/mol. The summed E-state index contributed by atoms with van der Waals surface area (Å²) in [6.45, 7) is 3.07. The van der Waals surface area contributed by atoms with Crippen LogP contribution in [-0.2, 0) is 0 Å². The first-order valence-electron chi connectivity index (χ1n) is 6.81. The minimum Gasteiger partial charge on any atom is -0.494 e. The van der Waals surface area contributed by atoms with E-state index in [9.17, 15) is 9.59 Å². The van der Waals surface area contributed by atoms with Crippen LogP contribution in [0.2, 0.25) is 0 Å². The number of aromatic nitrogens is 1. The molecule has 0 aliphatic heterocycles. The predicted molar refractivity (Wildman–Crippen MR) is 80.7 cm³/mol. The van der Waals surface area contributed by atoms with Crippen LogP contribution in [0.4, 0.5) is 0 Å². The summed E-state index contributed by atoms with van der Waals surface area (Å²) in [5.74, 6) is 0.628. The molecule has 0 spiro atoms. The second-order valence-corrected chi connectivity index (χ2v) is 4.72. The lowest BCUT2D eigenvalue weighted by atomic mass is 10.2. The second kappa shape index (κ2) is 7.28. The van der Waals surface area contributed by atoms with E-state index in [1.807, 2.05) is 31.2 Å².